The van der Waals surface area contributed by atoms with Crippen molar-refractivity contribution >= 4 is 23.3 Å². The molecule has 5 nitrogen and oxygen atoms in total. The second kappa shape index (κ2) is 4.42. The molecular weight excluding hydrogens is 254 g/mol. The molecule has 18 heavy (non-hydrogen) atoms. The summed E-state index contributed by atoms with van der Waals surface area (Å²) in [6, 6.07) is 3.32. The molecule has 2 aromatic heterocycles. The minimum Gasteiger partial charge on any atom is -0.364 e. The Labute approximate surface area is 108 Å². The van der Waals surface area contributed by atoms with E-state index in [2.05, 4.69) is 15.5 Å². The van der Waals surface area contributed by atoms with E-state index in [9.17, 15) is 4.79 Å². The number of nitrogens with zero attached hydrogens (tertiary/aromatic N) is 2. The lowest BCUT2D eigenvalue weighted by Gasteiger charge is -2.05. The van der Waals surface area contributed by atoms with Crippen LogP contribution < -0.4 is 5.32 Å². The van der Waals surface area contributed by atoms with Crippen molar-refractivity contribution in [3.8, 4) is 11.3 Å². The Morgan fingerprint density at radius 2 is 2.33 bits per heavy atom. The van der Waals surface area contributed by atoms with Gasteiger partial charge in [0.05, 0.1) is 5.02 Å². The minimum atomic E-state index is 0.00718. The monoisotopic (exact) mass is 263 g/mol. The molecule has 3 rings (SSSR count). The van der Waals surface area contributed by atoms with Gasteiger partial charge in [-0.15, -0.1) is 0 Å². The van der Waals surface area contributed by atoms with Crippen LogP contribution >= 0.6 is 11.6 Å². The molecule has 0 bridgehead atoms. The summed E-state index contributed by atoms with van der Waals surface area (Å²) in [6.45, 7) is 0. The van der Waals surface area contributed by atoms with Crippen LogP contribution in [0.1, 0.15) is 12.8 Å². The van der Waals surface area contributed by atoms with Crippen LogP contribution in [-0.2, 0) is 4.79 Å². The lowest BCUT2D eigenvalue weighted by atomic mass is 10.2. The first-order valence-electron chi connectivity index (χ1n) is 5.61. The summed E-state index contributed by atoms with van der Waals surface area (Å²) in [5.41, 5.74) is 1.29. The number of carbonyl (C=O) groups excluding carboxylic acids is 1. The molecule has 0 aromatic carbocycles. The minimum absolute atomic E-state index is 0.00718. The Hall–Kier alpha value is -1.88. The maximum atomic E-state index is 11.6. The lowest BCUT2D eigenvalue weighted by molar-refractivity contribution is -0.117. The van der Waals surface area contributed by atoms with Gasteiger partial charge in [-0.3, -0.25) is 4.79 Å². The Morgan fingerprint density at radius 1 is 1.50 bits per heavy atom. The normalized spacial score (nSPS) is 14.5. The average Bonchev–Trinajstić information content (AvgIpc) is 3.07. The highest BCUT2D eigenvalue weighted by Gasteiger charge is 2.29. The molecule has 0 aliphatic heterocycles. The molecular formula is C12H10ClN3O2. The second-order valence-corrected chi connectivity index (χ2v) is 4.60. The van der Waals surface area contributed by atoms with E-state index >= 15 is 0 Å². The van der Waals surface area contributed by atoms with Crippen molar-refractivity contribution in [2.75, 3.05) is 5.32 Å². The molecule has 0 spiro atoms. The van der Waals surface area contributed by atoms with Crippen LogP contribution in [0, 0.1) is 5.92 Å². The van der Waals surface area contributed by atoms with Gasteiger partial charge in [0, 0.05) is 29.8 Å². The number of nitrogens with one attached hydrogen (secondary N) is 1. The van der Waals surface area contributed by atoms with Gasteiger partial charge < -0.3 is 9.84 Å². The van der Waals surface area contributed by atoms with Crippen LogP contribution in [0.3, 0.4) is 0 Å². The van der Waals surface area contributed by atoms with E-state index in [4.69, 9.17) is 16.1 Å². The number of rotatable bonds is 3. The number of hydrogen-bond donors (Lipinski definition) is 1. The molecule has 0 atom stereocenters. The molecule has 2 aromatic rings. The Morgan fingerprint density at radius 3 is 2.94 bits per heavy atom. The van der Waals surface area contributed by atoms with E-state index < -0.39 is 0 Å². The number of hydrogen-bond acceptors (Lipinski definition) is 4. The zero-order valence-electron chi connectivity index (χ0n) is 9.39. The van der Waals surface area contributed by atoms with Gasteiger partial charge in [-0.05, 0) is 12.8 Å². The molecule has 0 radical (unpaired) electrons. The number of aromatic nitrogens is 2. The maximum Gasteiger partial charge on any atom is 0.228 e. The molecule has 1 N–H and O–H groups in total. The Kier molecular flexibility index (Phi) is 2.76. The molecule has 0 unspecified atom stereocenters. The van der Waals surface area contributed by atoms with E-state index in [0.29, 0.717) is 22.1 Å². The highest BCUT2D eigenvalue weighted by atomic mass is 35.5. The number of pyridine rings is 1. The lowest BCUT2D eigenvalue weighted by Crippen LogP contribution is -2.14. The van der Waals surface area contributed by atoms with Crippen LogP contribution in [0.25, 0.3) is 11.3 Å². The standard InChI is InChI=1S/C12H10ClN3O2/c13-9-5-11(15-12(17)7-1-2-7)14-6-8(9)10-3-4-18-16-10/h3-7H,1-2H2,(H,14,15,17). The van der Waals surface area contributed by atoms with Crippen LogP contribution in [-0.4, -0.2) is 16.0 Å². The fraction of sp³-hybridized carbons (Fsp3) is 0.250. The van der Waals surface area contributed by atoms with Crippen molar-refractivity contribution in [3.63, 3.8) is 0 Å². The molecule has 1 fully saturated rings. The quantitative estimate of drug-likeness (QED) is 0.924. The number of anilines is 1. The molecule has 6 heteroatoms. The van der Waals surface area contributed by atoms with Crippen molar-refractivity contribution in [3.05, 3.63) is 29.6 Å². The predicted octanol–water partition coefficient (Wildman–Crippen LogP) is 2.74. The SMILES string of the molecule is O=C(Nc1cc(Cl)c(-c2ccon2)cn1)C1CC1. The van der Waals surface area contributed by atoms with Gasteiger partial charge in [0.25, 0.3) is 0 Å². The van der Waals surface area contributed by atoms with E-state index in [-0.39, 0.29) is 11.8 Å². The summed E-state index contributed by atoms with van der Waals surface area (Å²) in [4.78, 5) is 15.7. The van der Waals surface area contributed by atoms with Gasteiger partial charge in [-0.1, -0.05) is 16.8 Å². The number of amides is 1. The number of halogens is 1. The van der Waals surface area contributed by atoms with Crippen LogP contribution in [0.2, 0.25) is 5.02 Å². The fourth-order valence-corrected chi connectivity index (χ4v) is 1.86. The van der Waals surface area contributed by atoms with Crippen molar-refractivity contribution in [2.24, 2.45) is 5.92 Å². The van der Waals surface area contributed by atoms with Crippen LogP contribution in [0.5, 0.6) is 0 Å². The first kappa shape index (κ1) is 11.2. The van der Waals surface area contributed by atoms with Crippen LogP contribution in [0.4, 0.5) is 5.82 Å². The Bertz CT molecular complexity index is 579. The summed E-state index contributed by atoms with van der Waals surface area (Å²) in [5, 5.41) is 7.01. The molecule has 0 saturated heterocycles. The first-order chi connectivity index (χ1) is 8.74. The zero-order valence-corrected chi connectivity index (χ0v) is 10.1. The predicted molar refractivity (Wildman–Crippen MR) is 66.1 cm³/mol. The molecule has 92 valence electrons. The summed E-state index contributed by atoms with van der Waals surface area (Å²) in [6.07, 6.45) is 4.95. The van der Waals surface area contributed by atoms with Gasteiger partial charge in [0.2, 0.25) is 5.91 Å². The van der Waals surface area contributed by atoms with E-state index in [0.717, 1.165) is 12.8 Å². The van der Waals surface area contributed by atoms with Crippen LogP contribution in [0.15, 0.2) is 29.1 Å². The number of carbonyl (C=O) groups is 1. The van der Waals surface area contributed by atoms with E-state index in [1.54, 1.807) is 18.3 Å². The highest BCUT2D eigenvalue weighted by molar-refractivity contribution is 6.33. The third-order valence-corrected chi connectivity index (χ3v) is 3.08. The molecule has 2 heterocycles. The topological polar surface area (TPSA) is 68.0 Å². The summed E-state index contributed by atoms with van der Waals surface area (Å²) >= 11 is 6.13. The van der Waals surface area contributed by atoms with Gasteiger partial charge in [0.15, 0.2) is 0 Å². The largest absolute Gasteiger partial charge is 0.364 e. The smallest absolute Gasteiger partial charge is 0.228 e. The zero-order chi connectivity index (χ0) is 12.5. The summed E-state index contributed by atoms with van der Waals surface area (Å²) in [7, 11) is 0. The molecule has 1 amide bonds. The van der Waals surface area contributed by atoms with E-state index in [1.807, 2.05) is 0 Å². The highest BCUT2D eigenvalue weighted by Crippen LogP contribution is 2.31. The van der Waals surface area contributed by atoms with E-state index in [1.165, 1.54) is 6.26 Å². The molecule has 1 aliphatic carbocycles. The van der Waals surface area contributed by atoms with Gasteiger partial charge in [-0.25, -0.2) is 4.98 Å². The van der Waals surface area contributed by atoms with Gasteiger partial charge in [0.1, 0.15) is 17.8 Å². The first-order valence-corrected chi connectivity index (χ1v) is 5.99. The molecule has 1 aliphatic rings. The van der Waals surface area contributed by atoms with Gasteiger partial charge >= 0.3 is 0 Å². The fourth-order valence-electron chi connectivity index (χ4n) is 1.61. The third kappa shape index (κ3) is 2.22. The second-order valence-electron chi connectivity index (χ2n) is 4.20. The average molecular weight is 264 g/mol. The van der Waals surface area contributed by atoms with Crippen molar-refractivity contribution < 1.29 is 9.32 Å². The van der Waals surface area contributed by atoms with Crippen molar-refractivity contribution in [1.82, 2.24) is 10.1 Å². The van der Waals surface area contributed by atoms with Gasteiger partial charge in [-0.2, -0.15) is 0 Å². The summed E-state index contributed by atoms with van der Waals surface area (Å²) in [5.74, 6) is 0.609. The molecule has 1 saturated carbocycles. The Balaban J connectivity index is 1.82. The summed E-state index contributed by atoms with van der Waals surface area (Å²) < 4.78 is 4.75. The van der Waals surface area contributed by atoms with Crippen molar-refractivity contribution in [1.29, 1.82) is 0 Å². The third-order valence-electron chi connectivity index (χ3n) is 2.77. The van der Waals surface area contributed by atoms with Crippen molar-refractivity contribution in [2.45, 2.75) is 12.8 Å². The maximum absolute atomic E-state index is 11.6.